The van der Waals surface area contributed by atoms with Crippen LogP contribution in [0.1, 0.15) is 5.56 Å². The summed E-state index contributed by atoms with van der Waals surface area (Å²) in [5.74, 6) is -1.82. The fourth-order valence-electron chi connectivity index (χ4n) is 1.28. The molecular formula is C11H10Cl2O4. The van der Waals surface area contributed by atoms with Crippen molar-refractivity contribution in [3.8, 4) is 0 Å². The summed E-state index contributed by atoms with van der Waals surface area (Å²) < 4.78 is 9.04. The number of ether oxygens (including phenoxy) is 2. The van der Waals surface area contributed by atoms with Crippen LogP contribution >= 0.6 is 23.2 Å². The Hall–Kier alpha value is -1.26. The molecule has 0 unspecified atom stereocenters. The topological polar surface area (TPSA) is 52.6 Å². The van der Waals surface area contributed by atoms with E-state index >= 15 is 0 Å². The zero-order valence-electron chi connectivity index (χ0n) is 9.20. The summed E-state index contributed by atoms with van der Waals surface area (Å²) in [6, 6.07) is 5.95. The zero-order valence-corrected chi connectivity index (χ0v) is 10.7. The summed E-state index contributed by atoms with van der Waals surface area (Å²) in [6.07, 6.45) is 0. The van der Waals surface area contributed by atoms with Crippen LogP contribution in [0, 0.1) is 0 Å². The Bertz CT molecular complexity index is 412. The number of esters is 2. The van der Waals surface area contributed by atoms with Gasteiger partial charge in [-0.25, -0.2) is 9.59 Å². The molecule has 0 N–H and O–H groups in total. The van der Waals surface area contributed by atoms with Gasteiger partial charge in [0, 0.05) is 5.02 Å². The monoisotopic (exact) mass is 276 g/mol. The van der Waals surface area contributed by atoms with Crippen molar-refractivity contribution >= 4 is 35.1 Å². The molecule has 0 atom stereocenters. The van der Waals surface area contributed by atoms with Gasteiger partial charge in [0.2, 0.25) is 0 Å². The Morgan fingerprint density at radius 3 is 1.82 bits per heavy atom. The summed E-state index contributed by atoms with van der Waals surface area (Å²) in [5, 5.41) is 0.461. The number of hydrogen-bond donors (Lipinski definition) is 0. The van der Waals surface area contributed by atoms with Gasteiger partial charge in [-0.05, 0) is 17.7 Å². The molecule has 0 aliphatic carbocycles. The molecule has 1 rings (SSSR count). The average Bonchev–Trinajstić information content (AvgIpc) is 2.36. The molecule has 1 aromatic carbocycles. The molecule has 17 heavy (non-hydrogen) atoms. The summed E-state index contributed by atoms with van der Waals surface area (Å²) in [7, 11) is 2.27. The van der Waals surface area contributed by atoms with Gasteiger partial charge in [0.1, 0.15) is 0 Å². The summed E-state index contributed by atoms with van der Waals surface area (Å²) in [5.41, 5.74) is 0.238. The fraction of sp³-hybridized carbons (Fsp3) is 0.273. The normalized spacial score (nSPS) is 10.8. The van der Waals surface area contributed by atoms with Crippen molar-refractivity contribution < 1.29 is 19.1 Å². The summed E-state index contributed by atoms with van der Waals surface area (Å²) in [6.45, 7) is 0. The van der Waals surface area contributed by atoms with Crippen LogP contribution in [0.2, 0.25) is 5.02 Å². The highest BCUT2D eigenvalue weighted by Crippen LogP contribution is 2.32. The second kappa shape index (κ2) is 5.38. The molecule has 0 heterocycles. The highest BCUT2D eigenvalue weighted by Gasteiger charge is 2.48. The maximum absolute atomic E-state index is 11.6. The van der Waals surface area contributed by atoms with Crippen molar-refractivity contribution in [3.05, 3.63) is 34.9 Å². The molecule has 0 aliphatic rings. The van der Waals surface area contributed by atoms with Crippen LogP contribution in [0.25, 0.3) is 0 Å². The summed E-state index contributed by atoms with van der Waals surface area (Å²) in [4.78, 5) is 21.3. The van der Waals surface area contributed by atoms with Gasteiger partial charge in [-0.15, -0.1) is 0 Å². The van der Waals surface area contributed by atoms with E-state index in [1.807, 2.05) is 0 Å². The van der Waals surface area contributed by atoms with Gasteiger partial charge in [0.05, 0.1) is 14.2 Å². The van der Waals surface area contributed by atoms with Crippen LogP contribution in [-0.2, 0) is 23.9 Å². The smallest absolute Gasteiger partial charge is 0.343 e. The first-order chi connectivity index (χ1) is 7.96. The maximum atomic E-state index is 11.6. The van der Waals surface area contributed by atoms with Crippen molar-refractivity contribution in [1.82, 2.24) is 0 Å². The van der Waals surface area contributed by atoms with E-state index < -0.39 is 16.8 Å². The van der Waals surface area contributed by atoms with Gasteiger partial charge in [-0.2, -0.15) is 0 Å². The van der Waals surface area contributed by atoms with Crippen molar-refractivity contribution in [2.75, 3.05) is 14.2 Å². The van der Waals surface area contributed by atoms with Crippen LogP contribution in [0.5, 0.6) is 0 Å². The highest BCUT2D eigenvalue weighted by molar-refractivity contribution is 6.44. The third-order valence-electron chi connectivity index (χ3n) is 2.18. The first-order valence-electron chi connectivity index (χ1n) is 4.58. The van der Waals surface area contributed by atoms with E-state index in [4.69, 9.17) is 23.2 Å². The molecule has 0 radical (unpaired) electrons. The Morgan fingerprint density at radius 1 is 1.06 bits per heavy atom. The number of rotatable bonds is 3. The molecule has 0 saturated heterocycles. The van der Waals surface area contributed by atoms with Gasteiger partial charge in [0.25, 0.3) is 4.87 Å². The molecule has 0 aliphatic heterocycles. The molecular weight excluding hydrogens is 267 g/mol. The van der Waals surface area contributed by atoms with Crippen LogP contribution in [0.3, 0.4) is 0 Å². The molecule has 0 aromatic heterocycles. The average molecular weight is 277 g/mol. The van der Waals surface area contributed by atoms with E-state index in [1.54, 1.807) is 0 Å². The molecule has 1 aromatic rings. The third kappa shape index (κ3) is 2.53. The van der Waals surface area contributed by atoms with E-state index in [1.165, 1.54) is 24.3 Å². The zero-order chi connectivity index (χ0) is 13.1. The largest absolute Gasteiger partial charge is 0.467 e. The van der Waals surface area contributed by atoms with E-state index in [2.05, 4.69) is 9.47 Å². The van der Waals surface area contributed by atoms with Gasteiger partial charge >= 0.3 is 11.9 Å². The number of alkyl halides is 1. The third-order valence-corrected chi connectivity index (χ3v) is 2.95. The maximum Gasteiger partial charge on any atom is 0.343 e. The number of benzene rings is 1. The van der Waals surface area contributed by atoms with Crippen molar-refractivity contribution in [2.24, 2.45) is 0 Å². The van der Waals surface area contributed by atoms with E-state index in [0.29, 0.717) is 5.02 Å². The van der Waals surface area contributed by atoms with Crippen molar-refractivity contribution in [1.29, 1.82) is 0 Å². The quantitative estimate of drug-likeness (QED) is 0.482. The van der Waals surface area contributed by atoms with E-state index in [0.717, 1.165) is 14.2 Å². The number of halogens is 2. The van der Waals surface area contributed by atoms with E-state index in [9.17, 15) is 9.59 Å². The lowest BCUT2D eigenvalue weighted by molar-refractivity contribution is -0.156. The van der Waals surface area contributed by atoms with Crippen molar-refractivity contribution in [3.63, 3.8) is 0 Å². The predicted octanol–water partition coefficient (Wildman–Crippen LogP) is 2.12. The standard InChI is InChI=1S/C11H10Cl2O4/c1-16-9(14)11(13,10(15)17-2)7-3-5-8(12)6-4-7/h3-6H,1-2H3. The molecule has 4 nitrogen and oxygen atoms in total. The van der Waals surface area contributed by atoms with Gasteiger partial charge in [0.15, 0.2) is 0 Å². The Kier molecular flexibility index (Phi) is 4.37. The molecule has 0 amide bonds. The van der Waals surface area contributed by atoms with Gasteiger partial charge in [-0.1, -0.05) is 35.3 Å². The highest BCUT2D eigenvalue weighted by atomic mass is 35.5. The van der Waals surface area contributed by atoms with Crippen LogP contribution < -0.4 is 0 Å². The molecule has 6 heteroatoms. The molecule has 92 valence electrons. The first-order valence-corrected chi connectivity index (χ1v) is 5.34. The van der Waals surface area contributed by atoms with Crippen molar-refractivity contribution in [2.45, 2.75) is 4.87 Å². The minimum absolute atomic E-state index is 0.238. The Balaban J connectivity index is 3.28. The number of methoxy groups -OCH3 is 2. The van der Waals surface area contributed by atoms with Gasteiger partial charge < -0.3 is 9.47 Å². The minimum atomic E-state index is -2.01. The number of hydrogen-bond acceptors (Lipinski definition) is 4. The minimum Gasteiger partial charge on any atom is -0.467 e. The molecule has 0 fully saturated rings. The second-order valence-corrected chi connectivity index (χ2v) is 4.15. The lowest BCUT2D eigenvalue weighted by atomic mass is 9.98. The predicted molar refractivity (Wildman–Crippen MR) is 63.0 cm³/mol. The molecule has 0 saturated carbocycles. The van der Waals surface area contributed by atoms with E-state index in [-0.39, 0.29) is 5.56 Å². The van der Waals surface area contributed by atoms with Gasteiger partial charge in [-0.3, -0.25) is 0 Å². The number of carbonyl (C=O) groups is 2. The van der Waals surface area contributed by atoms with Crippen LogP contribution in [0.4, 0.5) is 0 Å². The molecule has 0 bridgehead atoms. The fourth-order valence-corrected chi connectivity index (χ4v) is 1.69. The van der Waals surface area contributed by atoms with Crippen LogP contribution in [0.15, 0.2) is 24.3 Å². The second-order valence-electron chi connectivity index (χ2n) is 3.15. The summed E-state index contributed by atoms with van der Waals surface area (Å²) >= 11 is 11.7. The SMILES string of the molecule is COC(=O)C(Cl)(C(=O)OC)c1ccc(Cl)cc1. The Morgan fingerprint density at radius 2 is 1.47 bits per heavy atom. The first kappa shape index (κ1) is 13.8. The Labute approximate surface area is 108 Å². The lowest BCUT2D eigenvalue weighted by Crippen LogP contribution is -2.40. The molecule has 0 spiro atoms. The number of carbonyl (C=O) groups excluding carboxylic acids is 2. The lowest BCUT2D eigenvalue weighted by Gasteiger charge is -2.21. The van der Waals surface area contributed by atoms with Crippen LogP contribution in [-0.4, -0.2) is 26.2 Å².